The Labute approximate surface area is 138 Å². The van der Waals surface area contributed by atoms with Crippen molar-refractivity contribution in [1.29, 1.82) is 0 Å². The Hall–Kier alpha value is -2.64. The van der Waals surface area contributed by atoms with Gasteiger partial charge in [-0.25, -0.2) is 9.18 Å². The molecule has 0 bridgehead atoms. The van der Waals surface area contributed by atoms with Crippen molar-refractivity contribution in [3.05, 3.63) is 65.5 Å². The molecule has 6 nitrogen and oxygen atoms in total. The van der Waals surface area contributed by atoms with Gasteiger partial charge in [-0.2, -0.15) is 0 Å². The molecule has 0 aliphatic heterocycles. The van der Waals surface area contributed by atoms with E-state index < -0.39 is 29.9 Å². The molecular weight excluding hydrogens is 317 g/mol. The summed E-state index contributed by atoms with van der Waals surface area (Å²) in [7, 11) is 0. The van der Waals surface area contributed by atoms with E-state index in [0.717, 1.165) is 23.8 Å². The number of aliphatic hydroxyl groups is 2. The number of carbonyl (C=O) groups excluding carboxylic acids is 1. The molecule has 4 N–H and O–H groups in total. The number of nitrogens with one attached hydrogen (secondary N) is 1. The van der Waals surface area contributed by atoms with Crippen LogP contribution in [-0.2, 0) is 11.3 Å². The molecule has 24 heavy (non-hydrogen) atoms. The maximum absolute atomic E-state index is 12.9. The third-order valence-electron chi connectivity index (χ3n) is 3.34. The Morgan fingerprint density at radius 1 is 1.17 bits per heavy atom. The first-order chi connectivity index (χ1) is 11.5. The largest absolute Gasteiger partial charge is 0.507 e. The van der Waals surface area contributed by atoms with Crippen LogP contribution in [0.3, 0.4) is 0 Å². The van der Waals surface area contributed by atoms with Gasteiger partial charge >= 0.3 is 6.09 Å². The minimum Gasteiger partial charge on any atom is -0.507 e. The average Bonchev–Trinajstić information content (AvgIpc) is 2.58. The first-order valence-corrected chi connectivity index (χ1v) is 7.26. The van der Waals surface area contributed by atoms with Crippen molar-refractivity contribution < 1.29 is 29.2 Å². The summed E-state index contributed by atoms with van der Waals surface area (Å²) in [6.45, 7) is -0.227. The Balaban J connectivity index is 1.81. The number of amides is 1. The second-order valence-electron chi connectivity index (χ2n) is 5.16. The van der Waals surface area contributed by atoms with E-state index in [1.54, 1.807) is 12.1 Å². The Kier molecular flexibility index (Phi) is 6.11. The molecular formula is C17H18FNO5. The number of carbonyl (C=O) groups is 1. The van der Waals surface area contributed by atoms with Crippen LogP contribution in [0.4, 0.5) is 9.18 Å². The van der Waals surface area contributed by atoms with Gasteiger partial charge in [-0.3, -0.25) is 0 Å². The van der Waals surface area contributed by atoms with Gasteiger partial charge in [-0.05, 0) is 17.7 Å². The van der Waals surface area contributed by atoms with Crippen LogP contribution in [0, 0.1) is 5.82 Å². The highest BCUT2D eigenvalue weighted by Gasteiger charge is 2.22. The summed E-state index contributed by atoms with van der Waals surface area (Å²) in [5.41, 5.74) is 0.771. The van der Waals surface area contributed by atoms with Crippen molar-refractivity contribution in [2.75, 3.05) is 6.54 Å². The van der Waals surface area contributed by atoms with Crippen LogP contribution in [0.1, 0.15) is 17.2 Å². The normalized spacial score (nSPS) is 13.1. The monoisotopic (exact) mass is 335 g/mol. The van der Waals surface area contributed by atoms with Gasteiger partial charge in [0, 0.05) is 18.2 Å². The Bertz CT molecular complexity index is 680. The zero-order valence-corrected chi connectivity index (χ0v) is 12.7. The number of aliphatic hydroxyl groups excluding tert-OH is 2. The third kappa shape index (κ3) is 4.94. The minimum atomic E-state index is -1.49. The smallest absolute Gasteiger partial charge is 0.407 e. The van der Waals surface area contributed by atoms with Crippen LogP contribution in [0.15, 0.2) is 48.5 Å². The average molecular weight is 335 g/mol. The van der Waals surface area contributed by atoms with Gasteiger partial charge in [0.25, 0.3) is 0 Å². The number of hydrogen-bond donors (Lipinski definition) is 4. The molecule has 0 heterocycles. The highest BCUT2D eigenvalue weighted by atomic mass is 19.1. The molecule has 0 saturated heterocycles. The molecule has 0 radical (unpaired) electrons. The predicted octanol–water partition coefficient (Wildman–Crippen LogP) is 1.85. The van der Waals surface area contributed by atoms with Gasteiger partial charge in [0.05, 0.1) is 0 Å². The Morgan fingerprint density at radius 2 is 1.88 bits per heavy atom. The van der Waals surface area contributed by atoms with E-state index in [2.05, 4.69) is 5.32 Å². The van der Waals surface area contributed by atoms with Gasteiger partial charge in [0.2, 0.25) is 0 Å². The molecule has 2 atom stereocenters. The number of phenols is 1. The first kappa shape index (κ1) is 17.7. The highest BCUT2D eigenvalue weighted by molar-refractivity contribution is 5.67. The van der Waals surface area contributed by atoms with Crippen LogP contribution < -0.4 is 5.32 Å². The second-order valence-corrected chi connectivity index (χ2v) is 5.16. The standard InChI is InChI=1S/C17H18FNO5/c18-12-6-7-13(14(20)8-12)16(22)15(21)9-19-17(23)24-10-11-4-2-1-3-5-11/h1-8,15-16,20-22H,9-10H2,(H,19,23). The lowest BCUT2D eigenvalue weighted by Crippen LogP contribution is -2.35. The molecule has 128 valence electrons. The minimum absolute atomic E-state index is 0.0386. The molecule has 0 aliphatic rings. The van der Waals surface area contributed by atoms with Gasteiger partial charge < -0.3 is 25.4 Å². The lowest BCUT2D eigenvalue weighted by Gasteiger charge is -2.19. The molecule has 0 aromatic heterocycles. The van der Waals surface area contributed by atoms with Gasteiger partial charge in [-0.15, -0.1) is 0 Å². The van der Waals surface area contributed by atoms with E-state index in [1.807, 2.05) is 18.2 Å². The second kappa shape index (κ2) is 8.28. The maximum Gasteiger partial charge on any atom is 0.407 e. The van der Waals surface area contributed by atoms with Gasteiger partial charge in [-0.1, -0.05) is 30.3 Å². The van der Waals surface area contributed by atoms with Gasteiger partial charge in [0.1, 0.15) is 30.4 Å². The van der Waals surface area contributed by atoms with Crippen LogP contribution in [-0.4, -0.2) is 34.1 Å². The zero-order valence-electron chi connectivity index (χ0n) is 12.7. The first-order valence-electron chi connectivity index (χ1n) is 7.26. The fourth-order valence-corrected chi connectivity index (χ4v) is 2.05. The number of rotatable bonds is 6. The molecule has 2 aromatic carbocycles. The molecule has 0 spiro atoms. The Morgan fingerprint density at radius 3 is 2.54 bits per heavy atom. The predicted molar refractivity (Wildman–Crippen MR) is 83.7 cm³/mol. The van der Waals surface area contributed by atoms with E-state index >= 15 is 0 Å². The quantitative estimate of drug-likeness (QED) is 0.646. The fraction of sp³-hybridized carbons (Fsp3) is 0.235. The third-order valence-corrected chi connectivity index (χ3v) is 3.34. The van der Waals surface area contributed by atoms with E-state index in [-0.39, 0.29) is 18.7 Å². The van der Waals surface area contributed by atoms with Crippen molar-refractivity contribution in [2.45, 2.75) is 18.8 Å². The number of benzene rings is 2. The van der Waals surface area contributed by atoms with Crippen molar-refractivity contribution in [3.8, 4) is 5.75 Å². The molecule has 0 saturated carbocycles. The topological polar surface area (TPSA) is 99.0 Å². The summed E-state index contributed by atoms with van der Waals surface area (Å²) < 4.78 is 17.9. The summed E-state index contributed by atoms with van der Waals surface area (Å²) in [5, 5.41) is 31.7. The van der Waals surface area contributed by atoms with E-state index in [0.29, 0.717) is 0 Å². The number of halogens is 1. The highest BCUT2D eigenvalue weighted by Crippen LogP contribution is 2.26. The van der Waals surface area contributed by atoms with Crippen molar-refractivity contribution >= 4 is 6.09 Å². The lowest BCUT2D eigenvalue weighted by atomic mass is 10.0. The maximum atomic E-state index is 12.9. The lowest BCUT2D eigenvalue weighted by molar-refractivity contribution is 0.0171. The van der Waals surface area contributed by atoms with Crippen molar-refractivity contribution in [2.24, 2.45) is 0 Å². The van der Waals surface area contributed by atoms with E-state index in [9.17, 15) is 24.5 Å². The molecule has 0 fully saturated rings. The van der Waals surface area contributed by atoms with E-state index in [1.165, 1.54) is 0 Å². The number of aromatic hydroxyl groups is 1. The van der Waals surface area contributed by atoms with Gasteiger partial charge in [0.15, 0.2) is 0 Å². The number of alkyl carbamates (subject to hydrolysis) is 1. The zero-order chi connectivity index (χ0) is 17.5. The van der Waals surface area contributed by atoms with Crippen molar-refractivity contribution in [1.82, 2.24) is 5.32 Å². The van der Waals surface area contributed by atoms with Crippen molar-refractivity contribution in [3.63, 3.8) is 0 Å². The molecule has 0 aliphatic carbocycles. The molecule has 7 heteroatoms. The molecule has 2 rings (SSSR count). The molecule has 2 aromatic rings. The SMILES string of the molecule is O=C(NCC(O)C(O)c1ccc(F)cc1O)OCc1ccccc1. The van der Waals surface area contributed by atoms with Crippen LogP contribution in [0.2, 0.25) is 0 Å². The van der Waals surface area contributed by atoms with Crippen LogP contribution in [0.25, 0.3) is 0 Å². The molecule has 2 unspecified atom stereocenters. The fourth-order valence-electron chi connectivity index (χ4n) is 2.05. The summed E-state index contributed by atoms with van der Waals surface area (Å²) in [6, 6.07) is 12.1. The summed E-state index contributed by atoms with van der Waals surface area (Å²) in [6.07, 6.45) is -3.64. The molecule has 1 amide bonds. The number of phenolic OH excluding ortho intramolecular Hbond substituents is 1. The summed E-state index contributed by atoms with van der Waals surface area (Å²) in [5.74, 6) is -1.14. The summed E-state index contributed by atoms with van der Waals surface area (Å²) in [4.78, 5) is 11.6. The summed E-state index contributed by atoms with van der Waals surface area (Å²) >= 11 is 0. The number of ether oxygens (including phenoxy) is 1. The van der Waals surface area contributed by atoms with Crippen LogP contribution in [0.5, 0.6) is 5.75 Å². The van der Waals surface area contributed by atoms with E-state index in [4.69, 9.17) is 4.74 Å². The number of hydrogen-bond acceptors (Lipinski definition) is 5. The van der Waals surface area contributed by atoms with Crippen LogP contribution >= 0.6 is 0 Å².